The topological polar surface area (TPSA) is 77.8 Å². The summed E-state index contributed by atoms with van der Waals surface area (Å²) in [6, 6.07) is 5.68. The van der Waals surface area contributed by atoms with Crippen molar-refractivity contribution >= 4 is 17.6 Å². The molecule has 1 atom stereocenters. The van der Waals surface area contributed by atoms with Gasteiger partial charge in [0, 0.05) is 25.6 Å². The highest BCUT2D eigenvalue weighted by atomic mass is 16.4. The smallest absolute Gasteiger partial charge is 0.303 e. The predicted octanol–water partition coefficient (Wildman–Crippen LogP) is 2.27. The summed E-state index contributed by atoms with van der Waals surface area (Å²) in [6.45, 7) is 0. The van der Waals surface area contributed by atoms with Crippen molar-refractivity contribution in [3.63, 3.8) is 0 Å². The normalized spacial score (nSPS) is 15.7. The minimum absolute atomic E-state index is 0.115. The molecule has 0 bridgehead atoms. The average Bonchev–Trinajstić information content (AvgIpc) is 2.46. The van der Waals surface area contributed by atoms with Gasteiger partial charge in [-0.05, 0) is 42.9 Å². The number of aryl methyl sites for hydroxylation is 1. The number of carbonyl (C=O) groups is 2. The number of aliphatic carboxylic acids is 1. The van der Waals surface area contributed by atoms with E-state index in [1.165, 1.54) is 0 Å². The molecule has 0 saturated heterocycles. The van der Waals surface area contributed by atoms with Crippen molar-refractivity contribution < 1.29 is 19.8 Å². The molecule has 1 amide bonds. The summed E-state index contributed by atoms with van der Waals surface area (Å²) in [6.07, 6.45) is 2.59. The molecule has 1 unspecified atom stereocenters. The third kappa shape index (κ3) is 3.82. The van der Waals surface area contributed by atoms with Gasteiger partial charge in [-0.2, -0.15) is 0 Å². The Morgan fingerprint density at radius 2 is 2.10 bits per heavy atom. The Balaban J connectivity index is 1.98. The second-order valence-electron chi connectivity index (χ2n) is 5.50. The Morgan fingerprint density at radius 1 is 1.33 bits per heavy atom. The Kier molecular flexibility index (Phi) is 4.96. The van der Waals surface area contributed by atoms with Crippen molar-refractivity contribution in [3.05, 3.63) is 29.3 Å². The first kappa shape index (κ1) is 15.5. The summed E-state index contributed by atoms with van der Waals surface area (Å²) in [5.41, 5.74) is 2.83. The minimum atomic E-state index is -0.800. The molecule has 0 fully saturated rings. The van der Waals surface area contributed by atoms with Crippen molar-refractivity contribution in [1.82, 2.24) is 0 Å². The average molecular weight is 291 g/mol. The lowest BCUT2D eigenvalue weighted by molar-refractivity contribution is -0.137. The standard InChI is InChI=1S/C16H21NO4/c1-17-13-8-6-12(10-11(13)7-9-15(17)19)14(18)4-2-3-5-16(20)21/h6,8,10,14,18H,2-5,7,9H2,1H3,(H,20,21). The molecular formula is C16H21NO4. The summed E-state index contributed by atoms with van der Waals surface area (Å²) in [7, 11) is 1.77. The van der Waals surface area contributed by atoms with Crippen molar-refractivity contribution in [2.45, 2.75) is 44.6 Å². The number of benzene rings is 1. The van der Waals surface area contributed by atoms with Crippen LogP contribution in [0.3, 0.4) is 0 Å². The second kappa shape index (κ2) is 6.72. The van der Waals surface area contributed by atoms with Crippen LogP contribution < -0.4 is 4.90 Å². The number of hydrogen-bond donors (Lipinski definition) is 2. The van der Waals surface area contributed by atoms with Crippen LogP contribution in [0.1, 0.15) is 49.3 Å². The number of anilines is 1. The molecule has 0 aliphatic carbocycles. The van der Waals surface area contributed by atoms with Crippen molar-refractivity contribution in [1.29, 1.82) is 0 Å². The van der Waals surface area contributed by atoms with Crippen LogP contribution in [0.2, 0.25) is 0 Å². The lowest BCUT2D eigenvalue weighted by Gasteiger charge is -2.26. The number of carboxylic acids is 1. The van der Waals surface area contributed by atoms with E-state index in [0.717, 1.165) is 16.8 Å². The first-order chi connectivity index (χ1) is 9.99. The fourth-order valence-corrected chi connectivity index (χ4v) is 2.66. The molecule has 21 heavy (non-hydrogen) atoms. The van der Waals surface area contributed by atoms with Crippen LogP contribution in [0.15, 0.2) is 18.2 Å². The van der Waals surface area contributed by atoms with E-state index in [-0.39, 0.29) is 12.3 Å². The third-order valence-corrected chi connectivity index (χ3v) is 3.95. The first-order valence-corrected chi connectivity index (χ1v) is 7.28. The highest BCUT2D eigenvalue weighted by molar-refractivity contribution is 5.95. The molecule has 0 saturated carbocycles. The molecule has 0 spiro atoms. The van der Waals surface area contributed by atoms with Crippen LogP contribution in [0.5, 0.6) is 0 Å². The highest BCUT2D eigenvalue weighted by Crippen LogP contribution is 2.30. The zero-order valence-electron chi connectivity index (χ0n) is 12.2. The number of unbranched alkanes of at least 4 members (excludes halogenated alkanes) is 1. The van der Waals surface area contributed by atoms with E-state index in [0.29, 0.717) is 32.1 Å². The molecule has 2 N–H and O–H groups in total. The number of rotatable bonds is 6. The Hall–Kier alpha value is -1.88. The van der Waals surface area contributed by atoms with Gasteiger partial charge in [-0.25, -0.2) is 0 Å². The van der Waals surface area contributed by atoms with E-state index in [2.05, 4.69) is 0 Å². The summed E-state index contributed by atoms with van der Waals surface area (Å²) in [5.74, 6) is -0.685. The quantitative estimate of drug-likeness (QED) is 0.788. The van der Waals surface area contributed by atoms with E-state index in [9.17, 15) is 14.7 Å². The van der Waals surface area contributed by atoms with Gasteiger partial charge in [0.2, 0.25) is 5.91 Å². The first-order valence-electron chi connectivity index (χ1n) is 7.28. The fourth-order valence-electron chi connectivity index (χ4n) is 2.66. The van der Waals surface area contributed by atoms with Crippen LogP contribution in [0.4, 0.5) is 5.69 Å². The van der Waals surface area contributed by atoms with Gasteiger partial charge in [0.1, 0.15) is 0 Å². The number of carboxylic acid groups (broad SMARTS) is 1. The lowest BCUT2D eigenvalue weighted by Crippen LogP contribution is -2.31. The zero-order valence-corrected chi connectivity index (χ0v) is 12.2. The van der Waals surface area contributed by atoms with Gasteiger partial charge < -0.3 is 15.1 Å². The SMILES string of the molecule is CN1C(=O)CCc2cc(C(O)CCCCC(=O)O)ccc21. The van der Waals surface area contributed by atoms with E-state index in [1.54, 1.807) is 11.9 Å². The van der Waals surface area contributed by atoms with Crippen molar-refractivity contribution in [3.8, 4) is 0 Å². The van der Waals surface area contributed by atoms with Crippen LogP contribution in [-0.2, 0) is 16.0 Å². The number of fused-ring (bicyclic) bond motifs is 1. The number of aliphatic hydroxyl groups excluding tert-OH is 1. The fraction of sp³-hybridized carbons (Fsp3) is 0.500. The lowest BCUT2D eigenvalue weighted by atomic mass is 9.95. The maximum atomic E-state index is 11.6. The van der Waals surface area contributed by atoms with E-state index >= 15 is 0 Å². The number of hydrogen-bond acceptors (Lipinski definition) is 3. The largest absolute Gasteiger partial charge is 0.481 e. The van der Waals surface area contributed by atoms with Gasteiger partial charge in [-0.1, -0.05) is 12.1 Å². The summed E-state index contributed by atoms with van der Waals surface area (Å²) in [5, 5.41) is 18.8. The molecular weight excluding hydrogens is 270 g/mol. The van der Waals surface area contributed by atoms with Crippen LogP contribution >= 0.6 is 0 Å². The molecule has 114 valence electrons. The van der Waals surface area contributed by atoms with Crippen LogP contribution in [-0.4, -0.2) is 29.1 Å². The molecule has 2 rings (SSSR count). The summed E-state index contributed by atoms with van der Waals surface area (Å²) < 4.78 is 0. The van der Waals surface area contributed by atoms with Crippen molar-refractivity contribution in [2.24, 2.45) is 0 Å². The maximum absolute atomic E-state index is 11.6. The number of amides is 1. The van der Waals surface area contributed by atoms with Gasteiger partial charge >= 0.3 is 5.97 Å². The molecule has 5 nitrogen and oxygen atoms in total. The Bertz CT molecular complexity index is 541. The van der Waals surface area contributed by atoms with Crippen molar-refractivity contribution in [2.75, 3.05) is 11.9 Å². The zero-order chi connectivity index (χ0) is 15.4. The molecule has 0 aromatic heterocycles. The van der Waals surface area contributed by atoms with Crippen LogP contribution in [0, 0.1) is 0 Å². The maximum Gasteiger partial charge on any atom is 0.303 e. The summed E-state index contributed by atoms with van der Waals surface area (Å²) >= 11 is 0. The van der Waals surface area contributed by atoms with Gasteiger partial charge in [-0.15, -0.1) is 0 Å². The molecule has 5 heteroatoms. The summed E-state index contributed by atoms with van der Waals surface area (Å²) in [4.78, 5) is 23.7. The second-order valence-corrected chi connectivity index (χ2v) is 5.50. The van der Waals surface area contributed by atoms with Gasteiger partial charge in [0.05, 0.1) is 6.10 Å². The third-order valence-electron chi connectivity index (χ3n) is 3.95. The van der Waals surface area contributed by atoms with Gasteiger partial charge in [0.25, 0.3) is 0 Å². The van der Waals surface area contributed by atoms with Gasteiger partial charge in [0.15, 0.2) is 0 Å². The van der Waals surface area contributed by atoms with E-state index in [1.807, 2.05) is 18.2 Å². The van der Waals surface area contributed by atoms with Gasteiger partial charge in [-0.3, -0.25) is 9.59 Å². The van der Waals surface area contributed by atoms with Crippen LogP contribution in [0.25, 0.3) is 0 Å². The molecule has 1 aliphatic rings. The van der Waals surface area contributed by atoms with E-state index < -0.39 is 12.1 Å². The number of nitrogens with zero attached hydrogens (tertiary/aromatic N) is 1. The monoisotopic (exact) mass is 291 g/mol. The molecule has 1 aromatic carbocycles. The number of carbonyl (C=O) groups excluding carboxylic acids is 1. The predicted molar refractivity (Wildman–Crippen MR) is 79.2 cm³/mol. The van der Waals surface area contributed by atoms with E-state index in [4.69, 9.17) is 5.11 Å². The number of aliphatic hydroxyl groups is 1. The Morgan fingerprint density at radius 3 is 2.81 bits per heavy atom. The molecule has 0 radical (unpaired) electrons. The molecule has 1 heterocycles. The Labute approximate surface area is 124 Å². The highest BCUT2D eigenvalue weighted by Gasteiger charge is 2.21. The minimum Gasteiger partial charge on any atom is -0.481 e. The molecule has 1 aliphatic heterocycles. The molecule has 1 aromatic rings.